The van der Waals surface area contributed by atoms with Crippen molar-refractivity contribution in [1.82, 2.24) is 10.9 Å². The summed E-state index contributed by atoms with van der Waals surface area (Å²) in [6.45, 7) is -0.626. The molecule has 0 spiro atoms. The van der Waals surface area contributed by atoms with E-state index in [0.29, 0.717) is 28.2 Å². The van der Waals surface area contributed by atoms with Crippen molar-refractivity contribution in [2.75, 3.05) is 20.8 Å². The van der Waals surface area contributed by atoms with Crippen LogP contribution in [0.25, 0.3) is 11.1 Å². The molecule has 0 bridgehead atoms. The molecule has 0 unspecified atom stereocenters. The van der Waals surface area contributed by atoms with Crippen LogP contribution in [0.15, 0.2) is 66.7 Å². The summed E-state index contributed by atoms with van der Waals surface area (Å²) in [6, 6.07) is 20.1. The number of amides is 2. The van der Waals surface area contributed by atoms with Gasteiger partial charge in [-0.3, -0.25) is 20.4 Å². The number of hydrogen-bond donors (Lipinski definition) is 2. The molecule has 0 radical (unpaired) electrons. The maximum atomic E-state index is 12.6. The second kappa shape index (κ2) is 11.2. The van der Waals surface area contributed by atoms with E-state index in [1.807, 2.05) is 0 Å². The van der Waals surface area contributed by atoms with Crippen LogP contribution < -0.4 is 20.3 Å². The molecule has 0 fully saturated rings. The number of rotatable bonds is 7. The van der Waals surface area contributed by atoms with E-state index < -0.39 is 24.4 Å². The number of carbonyl (C=O) groups is 3. The number of hydrazine groups is 1. The lowest BCUT2D eigenvalue weighted by Crippen LogP contribution is -2.43. The number of carbonyl (C=O) groups excluding carboxylic acids is 3. The Morgan fingerprint density at radius 1 is 0.853 bits per heavy atom. The Morgan fingerprint density at radius 2 is 1.53 bits per heavy atom. The van der Waals surface area contributed by atoms with E-state index in [1.165, 1.54) is 26.4 Å². The van der Waals surface area contributed by atoms with Crippen LogP contribution >= 0.6 is 0 Å². The van der Waals surface area contributed by atoms with E-state index in [-0.39, 0.29) is 11.1 Å². The molecule has 172 valence electrons. The normalized spacial score (nSPS) is 9.91. The van der Waals surface area contributed by atoms with Crippen molar-refractivity contribution in [2.45, 2.75) is 0 Å². The van der Waals surface area contributed by atoms with Crippen LogP contribution in [0.5, 0.6) is 11.5 Å². The first-order valence-corrected chi connectivity index (χ1v) is 10.0. The largest absolute Gasteiger partial charge is 0.493 e. The number of nitriles is 1. The lowest BCUT2D eigenvalue weighted by molar-refractivity contribution is -0.125. The first-order valence-electron chi connectivity index (χ1n) is 10.0. The standard InChI is InChI=1S/C25H21N3O6/c1-32-21-12-11-16(13-22(21)33-2)24(30)28-27-23(29)15-34-25(31)20-10-6-5-9-19(20)18-8-4-3-7-17(18)14-26/h3-13H,15H2,1-2H3,(H,27,29)(H,28,30). The molecule has 0 aromatic heterocycles. The minimum Gasteiger partial charge on any atom is -0.493 e. The zero-order valence-electron chi connectivity index (χ0n) is 18.5. The summed E-state index contributed by atoms with van der Waals surface area (Å²) >= 11 is 0. The second-order valence-corrected chi connectivity index (χ2v) is 6.85. The van der Waals surface area contributed by atoms with Gasteiger partial charge in [-0.25, -0.2) is 4.79 Å². The van der Waals surface area contributed by atoms with E-state index in [1.54, 1.807) is 54.6 Å². The topological polar surface area (TPSA) is 127 Å². The van der Waals surface area contributed by atoms with Gasteiger partial charge in [0.15, 0.2) is 18.1 Å². The van der Waals surface area contributed by atoms with Gasteiger partial charge in [0, 0.05) is 11.1 Å². The van der Waals surface area contributed by atoms with Crippen LogP contribution in [0.4, 0.5) is 0 Å². The van der Waals surface area contributed by atoms with Crippen LogP contribution in [0.2, 0.25) is 0 Å². The Hall–Kier alpha value is -4.84. The molecule has 0 heterocycles. The average molecular weight is 459 g/mol. The van der Waals surface area contributed by atoms with Gasteiger partial charge in [0.1, 0.15) is 0 Å². The fraction of sp³-hybridized carbons (Fsp3) is 0.120. The van der Waals surface area contributed by atoms with Gasteiger partial charge in [0.05, 0.1) is 31.4 Å². The highest BCUT2D eigenvalue weighted by molar-refractivity contribution is 5.99. The highest BCUT2D eigenvalue weighted by Gasteiger charge is 2.18. The molecule has 3 aromatic carbocycles. The molecule has 0 aliphatic carbocycles. The first-order chi connectivity index (χ1) is 16.5. The van der Waals surface area contributed by atoms with E-state index in [2.05, 4.69) is 16.9 Å². The maximum Gasteiger partial charge on any atom is 0.339 e. The summed E-state index contributed by atoms with van der Waals surface area (Å²) in [5.74, 6) is -1.28. The average Bonchev–Trinajstić information content (AvgIpc) is 2.89. The van der Waals surface area contributed by atoms with Crippen LogP contribution in [0.3, 0.4) is 0 Å². The van der Waals surface area contributed by atoms with Gasteiger partial charge in [0.2, 0.25) is 0 Å². The van der Waals surface area contributed by atoms with Gasteiger partial charge in [-0.1, -0.05) is 36.4 Å². The van der Waals surface area contributed by atoms with Crippen molar-refractivity contribution in [3.8, 4) is 28.7 Å². The summed E-state index contributed by atoms with van der Waals surface area (Å²) in [5.41, 5.74) is 6.33. The molecule has 0 atom stereocenters. The summed E-state index contributed by atoms with van der Waals surface area (Å²) in [7, 11) is 2.91. The number of esters is 1. The van der Waals surface area contributed by atoms with E-state index in [4.69, 9.17) is 14.2 Å². The van der Waals surface area contributed by atoms with Crippen molar-refractivity contribution in [1.29, 1.82) is 5.26 Å². The zero-order chi connectivity index (χ0) is 24.5. The third-order valence-electron chi connectivity index (χ3n) is 4.78. The number of nitrogens with zero attached hydrogens (tertiary/aromatic N) is 1. The Morgan fingerprint density at radius 3 is 2.24 bits per heavy atom. The molecule has 0 saturated heterocycles. The SMILES string of the molecule is COc1ccc(C(=O)NNC(=O)COC(=O)c2ccccc2-c2ccccc2C#N)cc1OC. The van der Waals surface area contributed by atoms with Crippen LogP contribution in [0, 0.1) is 11.3 Å². The van der Waals surface area contributed by atoms with Gasteiger partial charge < -0.3 is 14.2 Å². The van der Waals surface area contributed by atoms with E-state index >= 15 is 0 Å². The predicted octanol–water partition coefficient (Wildman–Crippen LogP) is 2.86. The Labute approximate surface area is 195 Å². The lowest BCUT2D eigenvalue weighted by atomic mass is 9.96. The number of nitrogens with one attached hydrogen (secondary N) is 2. The lowest BCUT2D eigenvalue weighted by Gasteiger charge is -2.12. The molecule has 0 saturated carbocycles. The van der Waals surface area contributed by atoms with Crippen molar-refractivity contribution in [2.24, 2.45) is 0 Å². The smallest absolute Gasteiger partial charge is 0.339 e. The monoisotopic (exact) mass is 459 g/mol. The summed E-state index contributed by atoms with van der Waals surface area (Å²) in [6.07, 6.45) is 0. The molecule has 9 nitrogen and oxygen atoms in total. The summed E-state index contributed by atoms with van der Waals surface area (Å²) in [5, 5.41) is 9.36. The molecule has 2 N–H and O–H groups in total. The summed E-state index contributed by atoms with van der Waals surface area (Å²) < 4.78 is 15.4. The molecule has 2 amide bonds. The summed E-state index contributed by atoms with van der Waals surface area (Å²) in [4.78, 5) is 37.0. The third-order valence-corrected chi connectivity index (χ3v) is 4.78. The van der Waals surface area contributed by atoms with Crippen LogP contribution in [-0.4, -0.2) is 38.6 Å². The number of methoxy groups -OCH3 is 2. The zero-order valence-corrected chi connectivity index (χ0v) is 18.5. The molecule has 0 aliphatic rings. The van der Waals surface area contributed by atoms with E-state index in [9.17, 15) is 19.6 Å². The minimum atomic E-state index is -0.746. The fourth-order valence-corrected chi connectivity index (χ4v) is 3.13. The minimum absolute atomic E-state index is 0.201. The van der Waals surface area contributed by atoms with Crippen molar-refractivity contribution < 1.29 is 28.6 Å². The molecule has 34 heavy (non-hydrogen) atoms. The molecular weight excluding hydrogens is 438 g/mol. The molecular formula is C25H21N3O6. The van der Waals surface area contributed by atoms with Gasteiger partial charge in [0.25, 0.3) is 11.8 Å². The fourth-order valence-electron chi connectivity index (χ4n) is 3.13. The number of ether oxygens (including phenoxy) is 3. The van der Waals surface area contributed by atoms with Gasteiger partial charge in [-0.2, -0.15) is 5.26 Å². The number of hydrogen-bond acceptors (Lipinski definition) is 7. The third kappa shape index (κ3) is 5.49. The van der Waals surface area contributed by atoms with Gasteiger partial charge >= 0.3 is 5.97 Å². The Balaban J connectivity index is 1.61. The molecule has 3 rings (SSSR count). The molecule has 9 heteroatoms. The maximum absolute atomic E-state index is 12.6. The Bertz CT molecular complexity index is 1270. The molecule has 3 aromatic rings. The van der Waals surface area contributed by atoms with Crippen molar-refractivity contribution in [3.05, 3.63) is 83.4 Å². The quantitative estimate of drug-likeness (QED) is 0.411. The number of benzene rings is 3. The molecule has 0 aliphatic heterocycles. The predicted molar refractivity (Wildman–Crippen MR) is 122 cm³/mol. The van der Waals surface area contributed by atoms with Gasteiger partial charge in [-0.05, 0) is 35.9 Å². The van der Waals surface area contributed by atoms with E-state index in [0.717, 1.165) is 0 Å². The highest BCUT2D eigenvalue weighted by atomic mass is 16.5. The van der Waals surface area contributed by atoms with Crippen molar-refractivity contribution in [3.63, 3.8) is 0 Å². The van der Waals surface area contributed by atoms with Crippen LogP contribution in [-0.2, 0) is 9.53 Å². The van der Waals surface area contributed by atoms with Crippen molar-refractivity contribution >= 4 is 17.8 Å². The first kappa shape index (κ1) is 23.8. The Kier molecular flexibility index (Phi) is 7.81. The highest BCUT2D eigenvalue weighted by Crippen LogP contribution is 2.28. The van der Waals surface area contributed by atoms with Crippen LogP contribution in [0.1, 0.15) is 26.3 Å². The second-order valence-electron chi connectivity index (χ2n) is 6.85. The van der Waals surface area contributed by atoms with Gasteiger partial charge in [-0.15, -0.1) is 0 Å².